The zero-order valence-corrected chi connectivity index (χ0v) is 13.6. The Morgan fingerprint density at radius 3 is 2.82 bits per heavy atom. The number of anilines is 2. The molecule has 2 N–H and O–H groups in total. The zero-order valence-electron chi connectivity index (χ0n) is 12.0. The van der Waals surface area contributed by atoms with Gasteiger partial charge in [0.25, 0.3) is 0 Å². The van der Waals surface area contributed by atoms with E-state index >= 15 is 0 Å². The molecule has 0 unspecified atom stereocenters. The summed E-state index contributed by atoms with van der Waals surface area (Å²) >= 11 is 7.42. The van der Waals surface area contributed by atoms with E-state index in [2.05, 4.69) is 4.99 Å². The molecule has 3 rings (SSSR count). The van der Waals surface area contributed by atoms with Gasteiger partial charge < -0.3 is 14.9 Å². The van der Waals surface area contributed by atoms with E-state index in [4.69, 9.17) is 26.5 Å². The third kappa shape index (κ3) is 2.51. The summed E-state index contributed by atoms with van der Waals surface area (Å²) in [6, 6.07) is 11.4. The van der Waals surface area contributed by atoms with Crippen molar-refractivity contribution in [3.05, 3.63) is 40.7 Å². The van der Waals surface area contributed by atoms with Crippen molar-refractivity contribution in [1.29, 1.82) is 0 Å². The van der Waals surface area contributed by atoms with Crippen molar-refractivity contribution < 1.29 is 9.15 Å². The van der Waals surface area contributed by atoms with Gasteiger partial charge in [-0.2, -0.15) is 0 Å². The normalized spacial score (nSPS) is 11.9. The molecule has 2 aromatic heterocycles. The summed E-state index contributed by atoms with van der Waals surface area (Å²) in [5.74, 6) is 0.837. The molecule has 0 radical (unpaired) electrons. The van der Waals surface area contributed by atoms with Crippen molar-refractivity contribution in [3.63, 3.8) is 0 Å². The molecule has 0 saturated carbocycles. The fourth-order valence-electron chi connectivity index (χ4n) is 2.17. The minimum Gasteiger partial charge on any atom is -0.486 e. The maximum Gasteiger partial charge on any atom is 0.208 e. The first-order valence-corrected chi connectivity index (χ1v) is 7.67. The highest BCUT2D eigenvalue weighted by molar-refractivity contribution is 7.18. The lowest BCUT2D eigenvalue weighted by atomic mass is 10.2. The third-order valence-electron chi connectivity index (χ3n) is 3.17. The average Bonchev–Trinajstić information content (AvgIpc) is 3.10. The molecule has 0 saturated heterocycles. The molecular weight excluding hydrogens is 322 g/mol. The Labute approximate surface area is 136 Å². The highest BCUT2D eigenvalue weighted by atomic mass is 35.5. The van der Waals surface area contributed by atoms with Crippen molar-refractivity contribution in [1.82, 2.24) is 0 Å². The second kappa shape index (κ2) is 5.90. The number of rotatable bonds is 3. The van der Waals surface area contributed by atoms with E-state index in [1.165, 1.54) is 11.3 Å². The van der Waals surface area contributed by atoms with Crippen LogP contribution in [0.3, 0.4) is 0 Å². The Balaban J connectivity index is 2.18. The van der Waals surface area contributed by atoms with Crippen molar-refractivity contribution in [2.45, 2.75) is 0 Å². The fraction of sp³-hybridized carbons (Fsp3) is 0.133. The molecule has 0 aliphatic carbocycles. The summed E-state index contributed by atoms with van der Waals surface area (Å²) in [6.07, 6.45) is 0. The van der Waals surface area contributed by atoms with E-state index in [0.29, 0.717) is 21.0 Å². The van der Waals surface area contributed by atoms with Gasteiger partial charge in [-0.1, -0.05) is 41.1 Å². The van der Waals surface area contributed by atoms with E-state index in [9.17, 15) is 0 Å². The van der Waals surface area contributed by atoms with Crippen LogP contribution in [0.4, 0.5) is 11.6 Å². The number of para-hydroxylation sites is 1. The Morgan fingerprint density at radius 2 is 2.14 bits per heavy atom. The molecule has 2 heterocycles. The quantitative estimate of drug-likeness (QED) is 0.574. The fourth-order valence-corrected chi connectivity index (χ4v) is 3.17. The van der Waals surface area contributed by atoms with Crippen molar-refractivity contribution >= 4 is 51.4 Å². The molecule has 114 valence electrons. The summed E-state index contributed by atoms with van der Waals surface area (Å²) in [6.45, 7) is 0. The van der Waals surface area contributed by atoms with Crippen LogP contribution in [0, 0.1) is 0 Å². The Kier molecular flexibility index (Phi) is 3.96. The van der Waals surface area contributed by atoms with Crippen LogP contribution in [0.25, 0.3) is 11.0 Å². The molecule has 0 aliphatic rings. The van der Waals surface area contributed by atoms with E-state index in [1.807, 2.05) is 30.3 Å². The number of thiophene rings is 1. The van der Waals surface area contributed by atoms with E-state index in [0.717, 1.165) is 11.0 Å². The smallest absolute Gasteiger partial charge is 0.208 e. The molecule has 1 aromatic carbocycles. The number of fused-ring (bicyclic) bond motifs is 1. The van der Waals surface area contributed by atoms with Crippen LogP contribution in [0.1, 0.15) is 0 Å². The number of nitrogens with two attached hydrogens (primary N) is 1. The largest absolute Gasteiger partial charge is 0.486 e. The van der Waals surface area contributed by atoms with Gasteiger partial charge in [0.1, 0.15) is 11.3 Å². The standard InChI is InChI=1S/C15H14ClN3O2S/c1-18-15(17)19(10-8-12(16)22-14(10)20-2)13-7-9-5-3-4-6-11(9)21-13/h3-8H,1-2H3,(H2,17,18). The molecule has 0 fully saturated rings. The van der Waals surface area contributed by atoms with Crippen LogP contribution >= 0.6 is 22.9 Å². The molecule has 5 nitrogen and oxygen atoms in total. The highest BCUT2D eigenvalue weighted by Crippen LogP contribution is 2.43. The molecule has 0 atom stereocenters. The van der Waals surface area contributed by atoms with Gasteiger partial charge in [-0.05, 0) is 12.1 Å². The topological polar surface area (TPSA) is 64.0 Å². The van der Waals surface area contributed by atoms with Crippen molar-refractivity contribution in [2.75, 3.05) is 19.1 Å². The SMILES string of the molecule is CN=C(N)N(c1cc2ccccc2o1)c1cc(Cl)sc1OC. The molecule has 7 heteroatoms. The summed E-state index contributed by atoms with van der Waals surface area (Å²) < 4.78 is 11.9. The molecule has 0 bridgehead atoms. The second-order valence-electron chi connectivity index (χ2n) is 4.47. The summed E-state index contributed by atoms with van der Waals surface area (Å²) in [5, 5.41) is 1.61. The molecule has 0 spiro atoms. The number of nitrogens with zero attached hydrogens (tertiary/aromatic N) is 2. The second-order valence-corrected chi connectivity index (χ2v) is 6.11. The number of methoxy groups -OCH3 is 1. The number of hydrogen-bond acceptors (Lipinski definition) is 4. The maximum atomic E-state index is 6.10. The molecule has 0 aliphatic heterocycles. The summed E-state index contributed by atoms with van der Waals surface area (Å²) in [7, 11) is 3.20. The first-order chi connectivity index (χ1) is 10.6. The van der Waals surface area contributed by atoms with Crippen LogP contribution < -0.4 is 15.4 Å². The van der Waals surface area contributed by atoms with E-state index in [-0.39, 0.29) is 5.96 Å². The van der Waals surface area contributed by atoms with Crippen LogP contribution in [0.15, 0.2) is 45.8 Å². The lowest BCUT2D eigenvalue weighted by Gasteiger charge is -2.20. The van der Waals surface area contributed by atoms with Gasteiger partial charge in [0, 0.05) is 18.5 Å². The lowest BCUT2D eigenvalue weighted by Crippen LogP contribution is -2.33. The van der Waals surface area contributed by atoms with E-state index < -0.39 is 0 Å². The summed E-state index contributed by atoms with van der Waals surface area (Å²) in [5.41, 5.74) is 7.52. The first-order valence-electron chi connectivity index (χ1n) is 6.48. The number of hydrogen-bond donors (Lipinski definition) is 1. The van der Waals surface area contributed by atoms with Gasteiger partial charge >= 0.3 is 0 Å². The Morgan fingerprint density at radius 1 is 1.36 bits per heavy atom. The average molecular weight is 336 g/mol. The third-order valence-corrected chi connectivity index (χ3v) is 4.38. The zero-order chi connectivity index (χ0) is 15.7. The molecule has 22 heavy (non-hydrogen) atoms. The highest BCUT2D eigenvalue weighted by Gasteiger charge is 2.23. The van der Waals surface area contributed by atoms with Crippen LogP contribution in [-0.2, 0) is 0 Å². The molecule has 3 aromatic rings. The van der Waals surface area contributed by atoms with Crippen molar-refractivity contribution in [2.24, 2.45) is 10.7 Å². The number of aliphatic imine (C=N–C) groups is 1. The van der Waals surface area contributed by atoms with Crippen LogP contribution in [-0.4, -0.2) is 20.1 Å². The monoisotopic (exact) mass is 335 g/mol. The number of benzene rings is 1. The predicted octanol–water partition coefficient (Wildman–Crippen LogP) is 4.24. The van der Waals surface area contributed by atoms with Gasteiger partial charge in [-0.3, -0.25) is 4.99 Å². The Bertz CT molecular complexity index is 807. The number of halogens is 1. The van der Waals surface area contributed by atoms with Crippen LogP contribution in [0.5, 0.6) is 5.06 Å². The lowest BCUT2D eigenvalue weighted by molar-refractivity contribution is 0.428. The van der Waals surface area contributed by atoms with E-state index in [1.54, 1.807) is 25.1 Å². The number of furan rings is 1. The molecule has 0 amide bonds. The van der Waals surface area contributed by atoms with Crippen LogP contribution in [0.2, 0.25) is 4.34 Å². The van der Waals surface area contributed by atoms with Gasteiger partial charge in [-0.25, -0.2) is 4.90 Å². The van der Waals surface area contributed by atoms with Crippen molar-refractivity contribution in [3.8, 4) is 5.06 Å². The van der Waals surface area contributed by atoms with Gasteiger partial charge in [0.2, 0.25) is 11.8 Å². The molecular formula is C15H14ClN3O2S. The van der Waals surface area contributed by atoms with Gasteiger partial charge in [0.05, 0.1) is 11.4 Å². The van der Waals surface area contributed by atoms with Gasteiger partial charge in [-0.15, -0.1) is 0 Å². The minimum absolute atomic E-state index is 0.284. The number of ether oxygens (including phenoxy) is 1. The number of guanidine groups is 1. The Hall–Kier alpha value is -2.18. The maximum absolute atomic E-state index is 6.10. The minimum atomic E-state index is 0.284. The first kappa shape index (κ1) is 14.7. The van der Waals surface area contributed by atoms with Gasteiger partial charge in [0.15, 0.2) is 5.06 Å². The summed E-state index contributed by atoms with van der Waals surface area (Å²) in [4.78, 5) is 5.74. The predicted molar refractivity (Wildman–Crippen MR) is 91.8 cm³/mol.